The fraction of sp³-hybridized carbons (Fsp3) is 0.391. The number of rotatable bonds is 6. The fourth-order valence-corrected chi connectivity index (χ4v) is 3.47. The van der Waals surface area contributed by atoms with Gasteiger partial charge in [-0.3, -0.25) is 4.79 Å². The Hall–Kier alpha value is -3.42. The highest BCUT2D eigenvalue weighted by Crippen LogP contribution is 2.22. The van der Waals surface area contributed by atoms with Crippen LogP contribution in [0.5, 0.6) is 5.75 Å². The summed E-state index contributed by atoms with van der Waals surface area (Å²) in [4.78, 5) is 25.8. The molecule has 3 aromatic rings. The number of aromatic nitrogens is 3. The standard InChI is InChI=1S/C23H27N5O3/c1-4-30-19-8-5-17(6-9-19)23(29)28-13-11-27(12-14-28)20-10-7-18(15-24-20)21-25-22(16(2)3)31-26-21/h5-10,15-16H,4,11-14H2,1-3H3. The molecule has 0 saturated carbocycles. The molecule has 1 aliphatic heterocycles. The van der Waals surface area contributed by atoms with Crippen LogP contribution in [-0.2, 0) is 0 Å². The van der Waals surface area contributed by atoms with Gasteiger partial charge in [0.05, 0.1) is 6.61 Å². The van der Waals surface area contributed by atoms with Crippen LogP contribution < -0.4 is 9.64 Å². The molecule has 31 heavy (non-hydrogen) atoms. The van der Waals surface area contributed by atoms with Gasteiger partial charge in [-0.05, 0) is 43.3 Å². The summed E-state index contributed by atoms with van der Waals surface area (Å²) in [5.74, 6) is 3.06. The molecular weight excluding hydrogens is 394 g/mol. The Kier molecular flexibility index (Phi) is 6.16. The van der Waals surface area contributed by atoms with Crippen molar-refractivity contribution in [3.63, 3.8) is 0 Å². The minimum atomic E-state index is 0.0454. The number of nitrogens with zero attached hydrogens (tertiary/aromatic N) is 5. The van der Waals surface area contributed by atoms with Crippen molar-refractivity contribution in [1.29, 1.82) is 0 Å². The van der Waals surface area contributed by atoms with E-state index < -0.39 is 0 Å². The van der Waals surface area contributed by atoms with Crippen LogP contribution in [0.4, 0.5) is 5.82 Å². The van der Waals surface area contributed by atoms with E-state index in [1.54, 1.807) is 6.20 Å². The van der Waals surface area contributed by atoms with Crippen molar-refractivity contribution in [3.05, 3.63) is 54.0 Å². The molecule has 1 fully saturated rings. The summed E-state index contributed by atoms with van der Waals surface area (Å²) in [6.45, 7) is 9.34. The van der Waals surface area contributed by atoms with E-state index >= 15 is 0 Å². The summed E-state index contributed by atoms with van der Waals surface area (Å²) in [6.07, 6.45) is 1.77. The highest BCUT2D eigenvalue weighted by atomic mass is 16.5. The molecule has 1 amide bonds. The quantitative estimate of drug-likeness (QED) is 0.601. The van der Waals surface area contributed by atoms with Crippen molar-refractivity contribution in [2.75, 3.05) is 37.7 Å². The summed E-state index contributed by atoms with van der Waals surface area (Å²) in [6, 6.07) is 11.2. The largest absolute Gasteiger partial charge is 0.494 e. The Morgan fingerprint density at radius 2 is 1.84 bits per heavy atom. The van der Waals surface area contributed by atoms with Gasteiger partial charge in [-0.25, -0.2) is 4.98 Å². The summed E-state index contributed by atoms with van der Waals surface area (Å²) < 4.78 is 10.7. The second-order valence-electron chi connectivity index (χ2n) is 7.75. The van der Waals surface area contributed by atoms with Crippen LogP contribution in [0.25, 0.3) is 11.4 Å². The fourth-order valence-electron chi connectivity index (χ4n) is 3.47. The molecule has 8 nitrogen and oxygen atoms in total. The average Bonchev–Trinajstić information content (AvgIpc) is 3.30. The maximum atomic E-state index is 12.8. The van der Waals surface area contributed by atoms with Gasteiger partial charge in [0.15, 0.2) is 0 Å². The van der Waals surface area contributed by atoms with Crippen LogP contribution in [0.15, 0.2) is 47.1 Å². The number of ether oxygens (including phenoxy) is 1. The third-order valence-electron chi connectivity index (χ3n) is 5.24. The Morgan fingerprint density at radius 1 is 1.10 bits per heavy atom. The molecule has 0 bridgehead atoms. The van der Waals surface area contributed by atoms with E-state index in [2.05, 4.69) is 20.0 Å². The molecule has 1 aliphatic rings. The second-order valence-corrected chi connectivity index (χ2v) is 7.75. The van der Waals surface area contributed by atoms with Crippen LogP contribution in [-0.4, -0.2) is 58.7 Å². The topological polar surface area (TPSA) is 84.6 Å². The van der Waals surface area contributed by atoms with Crippen LogP contribution in [0.2, 0.25) is 0 Å². The van der Waals surface area contributed by atoms with Crippen molar-refractivity contribution >= 4 is 11.7 Å². The van der Waals surface area contributed by atoms with Gasteiger partial charge in [0.1, 0.15) is 11.6 Å². The number of hydrogen-bond donors (Lipinski definition) is 0. The van der Waals surface area contributed by atoms with Gasteiger partial charge in [-0.15, -0.1) is 0 Å². The van der Waals surface area contributed by atoms with E-state index in [0.717, 1.165) is 30.2 Å². The zero-order valence-corrected chi connectivity index (χ0v) is 18.1. The molecule has 0 unspecified atom stereocenters. The molecule has 4 rings (SSSR count). The summed E-state index contributed by atoms with van der Waals surface area (Å²) in [5, 5.41) is 4.03. The van der Waals surface area contributed by atoms with Gasteiger partial charge < -0.3 is 19.1 Å². The molecule has 0 N–H and O–H groups in total. The van der Waals surface area contributed by atoms with E-state index in [9.17, 15) is 4.79 Å². The Bertz CT molecular complexity index is 1010. The number of carbonyl (C=O) groups excluding carboxylic acids is 1. The number of hydrogen-bond acceptors (Lipinski definition) is 7. The second kappa shape index (κ2) is 9.16. The van der Waals surface area contributed by atoms with Crippen LogP contribution in [0.1, 0.15) is 42.9 Å². The van der Waals surface area contributed by atoms with Gasteiger partial charge in [0.25, 0.3) is 5.91 Å². The Morgan fingerprint density at radius 3 is 2.42 bits per heavy atom. The molecule has 0 radical (unpaired) electrons. The van der Waals surface area contributed by atoms with E-state index in [4.69, 9.17) is 9.26 Å². The molecule has 0 atom stereocenters. The molecule has 2 aromatic heterocycles. The van der Waals surface area contributed by atoms with Gasteiger partial charge >= 0.3 is 0 Å². The molecule has 3 heterocycles. The van der Waals surface area contributed by atoms with E-state index in [-0.39, 0.29) is 11.8 Å². The zero-order chi connectivity index (χ0) is 21.8. The molecule has 0 spiro atoms. The van der Waals surface area contributed by atoms with Crippen molar-refractivity contribution in [3.8, 4) is 17.1 Å². The molecule has 8 heteroatoms. The maximum absolute atomic E-state index is 12.8. The maximum Gasteiger partial charge on any atom is 0.253 e. The third-order valence-corrected chi connectivity index (χ3v) is 5.24. The molecule has 0 aliphatic carbocycles. The summed E-state index contributed by atoms with van der Waals surface area (Å²) in [7, 11) is 0. The average molecular weight is 422 g/mol. The van der Waals surface area contributed by atoms with E-state index in [0.29, 0.717) is 37.0 Å². The summed E-state index contributed by atoms with van der Waals surface area (Å²) in [5.41, 5.74) is 1.50. The molecular formula is C23H27N5O3. The number of piperazine rings is 1. The van der Waals surface area contributed by atoms with Gasteiger partial charge in [-0.1, -0.05) is 19.0 Å². The lowest BCUT2D eigenvalue weighted by atomic mass is 10.1. The van der Waals surface area contributed by atoms with E-state index in [1.165, 1.54) is 0 Å². The van der Waals surface area contributed by atoms with Gasteiger partial charge in [0.2, 0.25) is 11.7 Å². The number of carbonyl (C=O) groups is 1. The monoisotopic (exact) mass is 421 g/mol. The van der Waals surface area contributed by atoms with Gasteiger partial charge in [-0.2, -0.15) is 4.98 Å². The molecule has 1 saturated heterocycles. The first-order valence-corrected chi connectivity index (χ1v) is 10.6. The lowest BCUT2D eigenvalue weighted by Gasteiger charge is -2.35. The number of benzene rings is 1. The zero-order valence-electron chi connectivity index (χ0n) is 18.1. The van der Waals surface area contributed by atoms with Crippen molar-refractivity contribution in [2.45, 2.75) is 26.7 Å². The predicted molar refractivity (Wildman–Crippen MR) is 117 cm³/mol. The highest BCUT2D eigenvalue weighted by Gasteiger charge is 2.23. The number of anilines is 1. The van der Waals surface area contributed by atoms with Crippen LogP contribution in [0, 0.1) is 0 Å². The molecule has 1 aromatic carbocycles. The first kappa shape index (κ1) is 20.8. The smallest absolute Gasteiger partial charge is 0.253 e. The van der Waals surface area contributed by atoms with Crippen LogP contribution in [0.3, 0.4) is 0 Å². The predicted octanol–water partition coefficient (Wildman–Crippen LogP) is 3.62. The van der Waals surface area contributed by atoms with E-state index in [1.807, 2.05) is 62.1 Å². The molecule has 162 valence electrons. The Labute approximate surface area is 181 Å². The van der Waals surface area contributed by atoms with Crippen molar-refractivity contribution in [1.82, 2.24) is 20.0 Å². The highest BCUT2D eigenvalue weighted by molar-refractivity contribution is 5.94. The number of amides is 1. The van der Waals surface area contributed by atoms with Gasteiger partial charge in [0, 0.05) is 49.4 Å². The third kappa shape index (κ3) is 4.68. The Balaban J connectivity index is 1.35. The SMILES string of the molecule is CCOc1ccc(C(=O)N2CCN(c3ccc(-c4noc(C(C)C)n4)cn3)CC2)cc1. The normalized spacial score (nSPS) is 14.2. The first-order chi connectivity index (χ1) is 15.0. The number of pyridine rings is 1. The lowest BCUT2D eigenvalue weighted by molar-refractivity contribution is 0.0746. The first-order valence-electron chi connectivity index (χ1n) is 10.6. The minimum absolute atomic E-state index is 0.0454. The van der Waals surface area contributed by atoms with Crippen molar-refractivity contribution in [2.24, 2.45) is 0 Å². The van der Waals surface area contributed by atoms with Crippen LogP contribution >= 0.6 is 0 Å². The minimum Gasteiger partial charge on any atom is -0.494 e. The summed E-state index contributed by atoms with van der Waals surface area (Å²) >= 11 is 0. The van der Waals surface area contributed by atoms with Crippen molar-refractivity contribution < 1.29 is 14.1 Å². The lowest BCUT2D eigenvalue weighted by Crippen LogP contribution is -2.49.